The van der Waals surface area contributed by atoms with E-state index in [4.69, 9.17) is 10.7 Å². The number of tetrazole rings is 1. The molecule has 1 unspecified atom stereocenters. The van der Waals surface area contributed by atoms with E-state index < -0.39 is 16.3 Å². The summed E-state index contributed by atoms with van der Waals surface area (Å²) in [6.07, 6.45) is 7.22. The molecule has 2 heterocycles. The number of rotatable bonds is 6. The number of terminal acetylenes is 1. The molecule has 10 nitrogen and oxygen atoms in total. The lowest BCUT2D eigenvalue weighted by atomic mass is 9.84. The van der Waals surface area contributed by atoms with Crippen LogP contribution in [0.15, 0.2) is 58.9 Å². The second-order valence-corrected chi connectivity index (χ2v) is 9.53. The second-order valence-electron chi connectivity index (χ2n) is 8.20. The first kappa shape index (κ1) is 23.6. The van der Waals surface area contributed by atoms with Crippen molar-refractivity contribution < 1.29 is 28.5 Å². The standard InChI is InChI=1S/C23H21ClN6O4S/c1-2-11-29-20-10-9-17(25-16-5-3-6-18(14-16)30-23(35)26-27-28-30)12-15(20)13-19-21(29)7-4-8-22(19)34-24(31,32)33/h1,3,5-6,9-10,12,14,22,25H,4,7-8,11,13H2,(H,26,28,35). The molecule has 3 aromatic rings. The third-order valence-electron chi connectivity index (χ3n) is 6.01. The lowest BCUT2D eigenvalue weighted by Crippen LogP contribution is -2.62. The molecule has 180 valence electrons. The number of nitrogens with one attached hydrogen (secondary N) is 1. The van der Waals surface area contributed by atoms with Crippen molar-refractivity contribution in [3.05, 3.63) is 59.3 Å². The van der Waals surface area contributed by atoms with Gasteiger partial charge in [-0.3, -0.25) is 0 Å². The Bertz CT molecular complexity index is 1330. The average molecular weight is 513 g/mol. The Morgan fingerprint density at radius 3 is 2.77 bits per heavy atom. The molecule has 0 bridgehead atoms. The van der Waals surface area contributed by atoms with E-state index in [0.717, 1.165) is 46.0 Å². The molecule has 5 rings (SSSR count). The topological polar surface area (TPSA) is 137 Å². The summed E-state index contributed by atoms with van der Waals surface area (Å²) in [6.45, 7) is 0.327. The van der Waals surface area contributed by atoms with Crippen LogP contribution in [0.2, 0.25) is 0 Å². The van der Waals surface area contributed by atoms with E-state index in [9.17, 15) is 14.0 Å². The van der Waals surface area contributed by atoms with Crippen molar-refractivity contribution in [1.82, 2.24) is 20.2 Å². The lowest BCUT2D eigenvalue weighted by molar-refractivity contribution is -1.92. The maximum atomic E-state index is 11.3. The normalized spacial score (nSPS) is 17.6. The van der Waals surface area contributed by atoms with Gasteiger partial charge in [-0.15, -0.1) is 24.2 Å². The Balaban J connectivity index is 1.45. The summed E-state index contributed by atoms with van der Waals surface area (Å²) in [5, 5.41) is 15.1. The number of hydrogen-bond acceptors (Lipinski definition) is 10. The number of benzene rings is 2. The maximum absolute atomic E-state index is 11.3. The van der Waals surface area contributed by atoms with Crippen LogP contribution in [0, 0.1) is 22.6 Å². The minimum absolute atomic E-state index is 0.327. The van der Waals surface area contributed by atoms with Crippen LogP contribution in [0.25, 0.3) is 5.69 Å². The minimum atomic E-state index is -4.54. The van der Waals surface area contributed by atoms with Crippen LogP contribution in [0.4, 0.5) is 17.1 Å². The zero-order chi connectivity index (χ0) is 24.6. The van der Waals surface area contributed by atoms with E-state index >= 15 is 0 Å². The Kier molecular flexibility index (Phi) is 6.41. The van der Waals surface area contributed by atoms with Gasteiger partial charge >= 0.3 is 0 Å². The SMILES string of the molecule is C#CCN1C2=C(Cc3cc(Nc4cccc(-n5nnnc5S)c4)ccc31)C(O[Cl+3]([O-])([O-])[O-])CCC2. The van der Waals surface area contributed by atoms with Crippen molar-refractivity contribution in [2.75, 3.05) is 16.8 Å². The fourth-order valence-electron chi connectivity index (χ4n) is 4.65. The van der Waals surface area contributed by atoms with E-state index in [1.54, 1.807) is 0 Å². The highest BCUT2D eigenvalue weighted by molar-refractivity contribution is 7.80. The van der Waals surface area contributed by atoms with Crippen molar-refractivity contribution >= 4 is 29.7 Å². The molecule has 0 spiro atoms. The number of hydrogen-bond donors (Lipinski definition) is 2. The van der Waals surface area contributed by atoms with Gasteiger partial charge in [0.25, 0.3) is 0 Å². The van der Waals surface area contributed by atoms with Gasteiger partial charge in [0, 0.05) is 29.2 Å². The van der Waals surface area contributed by atoms with E-state index in [1.165, 1.54) is 4.68 Å². The highest BCUT2D eigenvalue weighted by Gasteiger charge is 2.39. The number of fused-ring (bicyclic) bond motifs is 1. The maximum Gasteiger partial charge on any atom is 0.237 e. The third kappa shape index (κ3) is 4.99. The average Bonchev–Trinajstić information content (AvgIpc) is 3.24. The first-order chi connectivity index (χ1) is 16.8. The van der Waals surface area contributed by atoms with Crippen LogP contribution in [-0.4, -0.2) is 32.9 Å². The second kappa shape index (κ2) is 9.50. The highest BCUT2D eigenvalue weighted by Crippen LogP contribution is 2.42. The molecule has 0 saturated carbocycles. The van der Waals surface area contributed by atoms with Gasteiger partial charge in [0.05, 0.1) is 26.8 Å². The number of anilines is 3. The molecule has 1 aromatic heterocycles. The number of nitrogens with zero attached hydrogens (tertiary/aromatic N) is 5. The van der Waals surface area contributed by atoms with Crippen LogP contribution in [0.3, 0.4) is 0 Å². The molecule has 1 N–H and O–H groups in total. The molecule has 12 heteroatoms. The van der Waals surface area contributed by atoms with Crippen LogP contribution < -0.4 is 24.2 Å². The van der Waals surface area contributed by atoms with Gasteiger partial charge < -0.3 is 10.2 Å². The molecule has 2 aromatic carbocycles. The Hall–Kier alpha value is -3.11. The fourth-order valence-corrected chi connectivity index (χ4v) is 5.31. The molecule has 0 saturated heterocycles. The summed E-state index contributed by atoms with van der Waals surface area (Å²) < 4.78 is 40.3. The van der Waals surface area contributed by atoms with Gasteiger partial charge in [-0.1, -0.05) is 12.0 Å². The van der Waals surface area contributed by atoms with Crippen LogP contribution in [0.1, 0.15) is 24.8 Å². The summed E-state index contributed by atoms with van der Waals surface area (Å²) in [6, 6.07) is 13.5. The first-order valence-electron chi connectivity index (χ1n) is 10.8. The number of halogens is 1. The van der Waals surface area contributed by atoms with E-state index in [1.807, 2.05) is 47.4 Å². The predicted molar refractivity (Wildman–Crippen MR) is 122 cm³/mol. The quantitative estimate of drug-likeness (QED) is 0.355. The van der Waals surface area contributed by atoms with Gasteiger partial charge in [0.15, 0.2) is 0 Å². The lowest BCUT2D eigenvalue weighted by Gasteiger charge is -2.38. The largest absolute Gasteiger partial charge is 0.355 e. The Morgan fingerprint density at radius 1 is 1.20 bits per heavy atom. The van der Waals surface area contributed by atoms with Gasteiger partial charge in [-0.2, -0.15) is 18.7 Å². The smallest absolute Gasteiger partial charge is 0.237 e. The molecular formula is C23H21ClN6O4S. The summed E-state index contributed by atoms with van der Waals surface area (Å²) in [4.78, 5) is 2.01. The summed E-state index contributed by atoms with van der Waals surface area (Å²) in [5.74, 6) is 2.68. The highest BCUT2D eigenvalue weighted by atomic mass is 35.7. The Morgan fingerprint density at radius 2 is 2.03 bits per heavy atom. The molecular weight excluding hydrogens is 492 g/mol. The van der Waals surface area contributed by atoms with Gasteiger partial charge in [-0.25, -0.2) is 0 Å². The van der Waals surface area contributed by atoms with Crippen molar-refractivity contribution in [3.8, 4) is 18.0 Å². The molecule has 35 heavy (non-hydrogen) atoms. The van der Waals surface area contributed by atoms with Crippen LogP contribution in [-0.2, 0) is 10.7 Å². The monoisotopic (exact) mass is 512 g/mol. The first-order valence-corrected chi connectivity index (χ1v) is 12.5. The summed E-state index contributed by atoms with van der Waals surface area (Å²) >= 11 is 4.26. The summed E-state index contributed by atoms with van der Waals surface area (Å²) in [7, 11) is -4.54. The van der Waals surface area contributed by atoms with Gasteiger partial charge in [0.2, 0.25) is 11.3 Å². The fraction of sp³-hybridized carbons (Fsp3) is 0.261. The van der Waals surface area contributed by atoms with Crippen molar-refractivity contribution in [3.63, 3.8) is 0 Å². The molecule has 0 radical (unpaired) electrons. The number of aromatic nitrogens is 4. The van der Waals surface area contributed by atoms with E-state index in [0.29, 0.717) is 31.0 Å². The van der Waals surface area contributed by atoms with Crippen LogP contribution >= 0.6 is 12.6 Å². The molecule has 1 aliphatic heterocycles. The molecule has 1 atom stereocenters. The van der Waals surface area contributed by atoms with Crippen molar-refractivity contribution in [2.24, 2.45) is 0 Å². The van der Waals surface area contributed by atoms with E-state index in [-0.39, 0.29) is 0 Å². The molecule has 0 amide bonds. The number of allylic oxidation sites excluding steroid dienone is 1. The van der Waals surface area contributed by atoms with Crippen LogP contribution in [0.5, 0.6) is 0 Å². The minimum Gasteiger partial charge on any atom is -0.355 e. The Labute approximate surface area is 209 Å². The molecule has 0 fully saturated rings. The van der Waals surface area contributed by atoms with Gasteiger partial charge in [-0.05, 0) is 77.2 Å². The predicted octanol–water partition coefficient (Wildman–Crippen LogP) is 0.411. The van der Waals surface area contributed by atoms with Crippen molar-refractivity contribution in [2.45, 2.75) is 36.9 Å². The number of thiol groups is 1. The third-order valence-corrected chi connectivity index (χ3v) is 6.73. The molecule has 2 aliphatic rings. The van der Waals surface area contributed by atoms with E-state index in [2.05, 4.69) is 39.4 Å². The zero-order valence-electron chi connectivity index (χ0n) is 18.4. The molecule has 1 aliphatic carbocycles. The van der Waals surface area contributed by atoms with Crippen molar-refractivity contribution in [1.29, 1.82) is 0 Å². The van der Waals surface area contributed by atoms with Gasteiger partial charge in [0.1, 0.15) is 0 Å². The zero-order valence-corrected chi connectivity index (χ0v) is 20.1. The summed E-state index contributed by atoms with van der Waals surface area (Å²) in [5.41, 5.74) is 6.02.